The van der Waals surface area contributed by atoms with Crippen LogP contribution in [0.15, 0.2) is 42.5 Å². The Bertz CT molecular complexity index is 1400. The van der Waals surface area contributed by atoms with Gasteiger partial charge in [0.1, 0.15) is 17.4 Å². The van der Waals surface area contributed by atoms with Crippen LogP contribution >= 0.6 is 0 Å². The second kappa shape index (κ2) is 9.06. The van der Waals surface area contributed by atoms with E-state index in [9.17, 15) is 4.79 Å². The first kappa shape index (κ1) is 22.5. The quantitative estimate of drug-likeness (QED) is 0.280. The number of aromatic nitrogens is 4. The molecule has 0 aliphatic carbocycles. The molecule has 11 heteroatoms. The Morgan fingerprint density at radius 2 is 1.82 bits per heavy atom. The molecule has 0 radical (unpaired) electrons. The molecule has 4 N–H and O–H groups in total. The molecular formula is C23H23N7O4. The number of nitrogen functional groups attached to an aromatic ring is 1. The lowest BCUT2D eigenvalue weighted by atomic mass is 10.2. The van der Waals surface area contributed by atoms with Crippen LogP contribution in [0, 0.1) is 12.3 Å². The molecule has 0 spiro atoms. The molecule has 0 unspecified atom stereocenters. The smallest absolute Gasteiger partial charge is 0.327 e. The van der Waals surface area contributed by atoms with E-state index < -0.39 is 0 Å². The molecule has 2 heterocycles. The molecule has 2 aromatic carbocycles. The maximum Gasteiger partial charge on any atom is 0.327 e. The van der Waals surface area contributed by atoms with Crippen molar-refractivity contribution in [1.82, 2.24) is 24.8 Å². The number of hydrogen-bond acceptors (Lipinski definition) is 8. The zero-order chi connectivity index (χ0) is 24.4. The molecule has 1 amide bonds. The third-order valence-electron chi connectivity index (χ3n) is 4.79. The van der Waals surface area contributed by atoms with E-state index in [1.54, 1.807) is 63.5 Å². The summed E-state index contributed by atoms with van der Waals surface area (Å²) in [5, 5.41) is 7.67. The van der Waals surface area contributed by atoms with Crippen LogP contribution in [0.5, 0.6) is 29.1 Å². The van der Waals surface area contributed by atoms with Crippen LogP contribution in [0.1, 0.15) is 21.7 Å². The van der Waals surface area contributed by atoms with E-state index in [0.29, 0.717) is 39.6 Å². The number of benzene rings is 2. The first-order valence-corrected chi connectivity index (χ1v) is 10.2. The van der Waals surface area contributed by atoms with Gasteiger partial charge in [0.05, 0.1) is 7.11 Å². The Morgan fingerprint density at radius 3 is 2.53 bits per heavy atom. The minimum absolute atomic E-state index is 0.0364. The highest BCUT2D eigenvalue weighted by atomic mass is 16.5. The van der Waals surface area contributed by atoms with Gasteiger partial charge in [0.25, 0.3) is 11.8 Å². The van der Waals surface area contributed by atoms with Crippen LogP contribution in [0.2, 0.25) is 0 Å². The van der Waals surface area contributed by atoms with E-state index in [1.807, 2.05) is 0 Å². The van der Waals surface area contributed by atoms with Crippen LogP contribution < -0.4 is 19.9 Å². The van der Waals surface area contributed by atoms with Crippen molar-refractivity contribution in [3.8, 4) is 29.1 Å². The number of nitrogens with zero attached hydrogens (tertiary/aromatic N) is 4. The van der Waals surface area contributed by atoms with Gasteiger partial charge in [-0.05, 0) is 43.3 Å². The van der Waals surface area contributed by atoms with Crippen LogP contribution in [0.25, 0.3) is 11.2 Å². The lowest BCUT2D eigenvalue weighted by Crippen LogP contribution is -2.21. The normalized spacial score (nSPS) is 10.7. The molecule has 174 valence electrons. The fourth-order valence-electron chi connectivity index (χ4n) is 3.17. The van der Waals surface area contributed by atoms with Gasteiger partial charge in [-0.25, -0.2) is 4.98 Å². The fourth-order valence-corrected chi connectivity index (χ4v) is 3.17. The number of rotatable bonds is 7. The van der Waals surface area contributed by atoms with E-state index in [2.05, 4.69) is 19.9 Å². The number of hydrogen-bond donors (Lipinski definition) is 3. The molecule has 4 aromatic rings. The number of nitrogens with two attached hydrogens (primary N) is 1. The van der Waals surface area contributed by atoms with E-state index in [4.69, 9.17) is 25.4 Å². The van der Waals surface area contributed by atoms with Crippen LogP contribution in [0.4, 0.5) is 0 Å². The number of methoxy groups -OCH3 is 1. The molecule has 4 rings (SSSR count). The van der Waals surface area contributed by atoms with Gasteiger partial charge in [-0.1, -0.05) is 6.07 Å². The minimum atomic E-state index is -0.157. The molecule has 0 saturated heterocycles. The largest absolute Gasteiger partial charge is 0.493 e. The Morgan fingerprint density at radius 1 is 1.03 bits per heavy atom. The Kier molecular flexibility index (Phi) is 6.00. The van der Waals surface area contributed by atoms with E-state index in [-0.39, 0.29) is 29.4 Å². The maximum absolute atomic E-state index is 12.3. The first-order valence-electron chi connectivity index (χ1n) is 10.2. The lowest BCUT2D eigenvalue weighted by Gasteiger charge is -2.13. The Labute approximate surface area is 195 Å². The minimum Gasteiger partial charge on any atom is -0.493 e. The Hall–Kier alpha value is -4.67. The summed E-state index contributed by atoms with van der Waals surface area (Å²) in [6, 6.07) is 11.6. The maximum atomic E-state index is 12.3. The molecule has 2 aromatic heterocycles. The van der Waals surface area contributed by atoms with Crippen molar-refractivity contribution in [2.24, 2.45) is 5.73 Å². The number of imidazole rings is 1. The van der Waals surface area contributed by atoms with Crippen molar-refractivity contribution in [3.05, 3.63) is 59.4 Å². The predicted molar refractivity (Wildman–Crippen MR) is 125 cm³/mol. The first-order chi connectivity index (χ1) is 16.2. The summed E-state index contributed by atoms with van der Waals surface area (Å²) in [4.78, 5) is 30.0. The van der Waals surface area contributed by atoms with Gasteiger partial charge >= 0.3 is 6.01 Å². The molecule has 0 bridgehead atoms. The van der Waals surface area contributed by atoms with E-state index in [1.165, 1.54) is 12.0 Å². The third-order valence-corrected chi connectivity index (χ3v) is 4.79. The predicted octanol–water partition coefficient (Wildman–Crippen LogP) is 3.24. The summed E-state index contributed by atoms with van der Waals surface area (Å²) < 4.78 is 17.2. The topological polar surface area (TPSA) is 152 Å². The van der Waals surface area contributed by atoms with Crippen LogP contribution in [-0.4, -0.2) is 57.8 Å². The van der Waals surface area contributed by atoms with Crippen molar-refractivity contribution < 1.29 is 19.0 Å². The van der Waals surface area contributed by atoms with Gasteiger partial charge in [0.15, 0.2) is 22.7 Å². The van der Waals surface area contributed by atoms with Crippen LogP contribution in [0.3, 0.4) is 0 Å². The van der Waals surface area contributed by atoms with Gasteiger partial charge in [-0.15, -0.1) is 0 Å². The van der Waals surface area contributed by atoms with Crippen LogP contribution in [-0.2, 0) is 0 Å². The Balaban J connectivity index is 1.74. The monoisotopic (exact) mass is 461 g/mol. The number of H-pyrrole nitrogens is 1. The second-order valence-electron chi connectivity index (χ2n) is 7.54. The SMILES string of the molecule is COc1ccc(C(=N)N)cc1Oc1nc(Oc2cccc(C(=O)N(C)C)c2)c2nc(C)[nH]c2n1. The molecule has 11 nitrogen and oxygen atoms in total. The van der Waals surface area contributed by atoms with Crippen molar-refractivity contribution in [1.29, 1.82) is 5.41 Å². The lowest BCUT2D eigenvalue weighted by molar-refractivity contribution is 0.0827. The van der Waals surface area contributed by atoms with Crippen molar-refractivity contribution in [2.45, 2.75) is 6.92 Å². The number of aryl methyl sites for hydroxylation is 1. The molecule has 0 saturated carbocycles. The number of amidine groups is 1. The molecular weight excluding hydrogens is 438 g/mol. The molecule has 34 heavy (non-hydrogen) atoms. The molecule has 0 atom stereocenters. The molecule has 0 aliphatic heterocycles. The van der Waals surface area contributed by atoms with Gasteiger partial charge < -0.3 is 29.8 Å². The van der Waals surface area contributed by atoms with Gasteiger partial charge in [0, 0.05) is 25.2 Å². The number of carbonyl (C=O) groups excluding carboxylic acids is 1. The summed E-state index contributed by atoms with van der Waals surface area (Å²) in [5.41, 5.74) is 7.32. The zero-order valence-corrected chi connectivity index (χ0v) is 19.0. The highest BCUT2D eigenvalue weighted by Gasteiger charge is 2.18. The van der Waals surface area contributed by atoms with E-state index in [0.717, 1.165) is 0 Å². The number of aromatic amines is 1. The number of fused-ring (bicyclic) bond motifs is 1. The van der Waals surface area contributed by atoms with Crippen molar-refractivity contribution >= 4 is 22.9 Å². The molecule has 0 fully saturated rings. The van der Waals surface area contributed by atoms with Crippen molar-refractivity contribution in [2.75, 3.05) is 21.2 Å². The molecule has 0 aliphatic rings. The average molecular weight is 461 g/mol. The van der Waals surface area contributed by atoms with Gasteiger partial charge in [0.2, 0.25) is 0 Å². The second-order valence-corrected chi connectivity index (χ2v) is 7.54. The summed E-state index contributed by atoms with van der Waals surface area (Å²) in [6.07, 6.45) is 0. The summed E-state index contributed by atoms with van der Waals surface area (Å²) in [6.45, 7) is 1.78. The fraction of sp³-hybridized carbons (Fsp3) is 0.174. The van der Waals surface area contributed by atoms with Gasteiger partial charge in [-0.2, -0.15) is 9.97 Å². The average Bonchev–Trinajstić information content (AvgIpc) is 3.19. The van der Waals surface area contributed by atoms with Crippen molar-refractivity contribution in [3.63, 3.8) is 0 Å². The number of nitrogens with one attached hydrogen (secondary N) is 2. The zero-order valence-electron chi connectivity index (χ0n) is 19.0. The summed E-state index contributed by atoms with van der Waals surface area (Å²) >= 11 is 0. The number of amides is 1. The highest BCUT2D eigenvalue weighted by molar-refractivity contribution is 5.95. The van der Waals surface area contributed by atoms with Gasteiger partial charge in [-0.3, -0.25) is 10.2 Å². The van der Waals surface area contributed by atoms with E-state index >= 15 is 0 Å². The number of carbonyl (C=O) groups is 1. The summed E-state index contributed by atoms with van der Waals surface area (Å²) in [5.74, 6) is 1.55. The standard InChI is InChI=1S/C23H23N7O4/c1-12-26-18-20(27-12)28-23(34-17-11-13(19(24)25)8-9-16(17)32-4)29-21(18)33-15-7-5-6-14(10-15)22(31)30(2)3/h5-11H,1-4H3,(H3,24,25)(H,26,27,28,29). The summed E-state index contributed by atoms with van der Waals surface area (Å²) in [7, 11) is 4.85. The highest BCUT2D eigenvalue weighted by Crippen LogP contribution is 2.34. The number of ether oxygens (including phenoxy) is 3. The third kappa shape index (κ3) is 4.58.